The highest BCUT2D eigenvalue weighted by molar-refractivity contribution is 7.03. The molecule has 0 aliphatic heterocycles. The minimum atomic E-state index is -0.537. The first-order chi connectivity index (χ1) is 8.66. The molecule has 0 aliphatic rings. The summed E-state index contributed by atoms with van der Waals surface area (Å²) in [5.41, 5.74) is 0.743. The van der Waals surface area contributed by atoms with E-state index in [1.807, 2.05) is 0 Å². The molecule has 0 atom stereocenters. The summed E-state index contributed by atoms with van der Waals surface area (Å²) in [6.45, 7) is 0. The SMILES string of the molecule is O=C(/C=C/c1csnn1)c1cccc([N+](=O)[O-])c1. The lowest BCUT2D eigenvalue weighted by Gasteiger charge is -1.95. The van der Waals surface area contributed by atoms with Crippen molar-refractivity contribution in [2.45, 2.75) is 0 Å². The van der Waals surface area contributed by atoms with Crippen molar-refractivity contribution < 1.29 is 9.72 Å². The van der Waals surface area contributed by atoms with Gasteiger partial charge >= 0.3 is 0 Å². The van der Waals surface area contributed by atoms with Gasteiger partial charge in [0.05, 0.1) is 10.6 Å². The number of benzene rings is 1. The number of nitrogens with zero attached hydrogens (tertiary/aromatic N) is 3. The van der Waals surface area contributed by atoms with Crippen molar-refractivity contribution in [3.8, 4) is 0 Å². The molecule has 2 rings (SSSR count). The standard InChI is InChI=1S/C11H7N3O3S/c15-11(5-4-9-7-18-13-12-9)8-2-1-3-10(6-8)14(16)17/h1-7H/b5-4+. The fraction of sp³-hybridized carbons (Fsp3) is 0. The molecule has 0 amide bonds. The van der Waals surface area contributed by atoms with Crippen molar-refractivity contribution in [3.63, 3.8) is 0 Å². The van der Waals surface area contributed by atoms with Gasteiger partial charge in [-0.05, 0) is 23.7 Å². The first-order valence-corrected chi connectivity index (χ1v) is 5.74. The first kappa shape index (κ1) is 12.1. The Morgan fingerprint density at radius 2 is 2.28 bits per heavy atom. The molecule has 0 saturated carbocycles. The van der Waals surface area contributed by atoms with Crippen molar-refractivity contribution in [1.82, 2.24) is 9.59 Å². The van der Waals surface area contributed by atoms with E-state index in [1.54, 1.807) is 5.38 Å². The summed E-state index contributed by atoms with van der Waals surface area (Å²) in [7, 11) is 0. The quantitative estimate of drug-likeness (QED) is 0.365. The van der Waals surface area contributed by atoms with E-state index >= 15 is 0 Å². The number of rotatable bonds is 4. The van der Waals surface area contributed by atoms with Crippen LogP contribution in [-0.4, -0.2) is 20.3 Å². The number of ketones is 1. The molecular weight excluding hydrogens is 254 g/mol. The number of carbonyl (C=O) groups is 1. The summed E-state index contributed by atoms with van der Waals surface area (Å²) in [6, 6.07) is 5.58. The van der Waals surface area contributed by atoms with Gasteiger partial charge in [0.2, 0.25) is 0 Å². The molecule has 18 heavy (non-hydrogen) atoms. The highest BCUT2D eigenvalue weighted by Gasteiger charge is 2.09. The Bertz CT molecular complexity index is 608. The first-order valence-electron chi connectivity index (χ1n) is 4.91. The normalized spacial score (nSPS) is 10.7. The smallest absolute Gasteiger partial charge is 0.270 e. The zero-order chi connectivity index (χ0) is 13.0. The number of nitro groups is 1. The maximum atomic E-state index is 11.8. The third kappa shape index (κ3) is 2.83. The van der Waals surface area contributed by atoms with Crippen LogP contribution in [0.5, 0.6) is 0 Å². The zero-order valence-corrected chi connectivity index (χ0v) is 9.83. The molecule has 1 heterocycles. The van der Waals surface area contributed by atoms with Crippen LogP contribution in [0.1, 0.15) is 16.1 Å². The Kier molecular flexibility index (Phi) is 3.54. The minimum Gasteiger partial charge on any atom is -0.289 e. The largest absolute Gasteiger partial charge is 0.289 e. The molecule has 7 heteroatoms. The van der Waals surface area contributed by atoms with Crippen LogP contribution < -0.4 is 0 Å². The van der Waals surface area contributed by atoms with Crippen molar-refractivity contribution >= 4 is 29.1 Å². The Labute approximate surface area is 106 Å². The Morgan fingerprint density at radius 1 is 1.44 bits per heavy atom. The number of hydrogen-bond acceptors (Lipinski definition) is 6. The number of aromatic nitrogens is 2. The Hall–Kier alpha value is -2.41. The summed E-state index contributed by atoms with van der Waals surface area (Å²) in [6.07, 6.45) is 2.83. The van der Waals surface area contributed by atoms with Gasteiger partial charge in [-0.15, -0.1) is 5.10 Å². The molecule has 1 aromatic carbocycles. The minimum absolute atomic E-state index is 0.107. The molecule has 90 valence electrons. The lowest BCUT2D eigenvalue weighted by Crippen LogP contribution is -1.96. The van der Waals surface area contributed by atoms with E-state index in [0.29, 0.717) is 5.69 Å². The van der Waals surface area contributed by atoms with Crippen LogP contribution in [0.15, 0.2) is 35.7 Å². The number of non-ortho nitro benzene ring substituents is 1. The number of carbonyl (C=O) groups excluding carboxylic acids is 1. The van der Waals surface area contributed by atoms with E-state index < -0.39 is 4.92 Å². The molecule has 1 aromatic heterocycles. The van der Waals surface area contributed by atoms with Crippen LogP contribution in [0.25, 0.3) is 6.08 Å². The number of nitro benzene ring substituents is 1. The maximum Gasteiger partial charge on any atom is 0.270 e. The lowest BCUT2D eigenvalue weighted by molar-refractivity contribution is -0.384. The third-order valence-corrected chi connectivity index (χ3v) is 2.65. The second-order valence-electron chi connectivity index (χ2n) is 3.33. The van der Waals surface area contributed by atoms with Crippen molar-refractivity contribution in [2.75, 3.05) is 0 Å². The maximum absolute atomic E-state index is 11.8. The highest BCUT2D eigenvalue weighted by Crippen LogP contribution is 2.14. The van der Waals surface area contributed by atoms with Crippen molar-refractivity contribution in [2.24, 2.45) is 0 Å². The molecule has 0 spiro atoms. The summed E-state index contributed by atoms with van der Waals surface area (Å²) in [5.74, 6) is -0.313. The summed E-state index contributed by atoms with van der Waals surface area (Å²) >= 11 is 1.18. The van der Waals surface area contributed by atoms with Crippen molar-refractivity contribution in [3.05, 3.63) is 57.1 Å². The second-order valence-corrected chi connectivity index (χ2v) is 3.94. The topological polar surface area (TPSA) is 86.0 Å². The van der Waals surface area contributed by atoms with Gasteiger partial charge in [0, 0.05) is 23.1 Å². The van der Waals surface area contributed by atoms with Crippen LogP contribution in [0.2, 0.25) is 0 Å². The van der Waals surface area contributed by atoms with Gasteiger partial charge in [-0.2, -0.15) is 0 Å². The molecule has 0 saturated heterocycles. The zero-order valence-electron chi connectivity index (χ0n) is 9.02. The van der Waals surface area contributed by atoms with Gasteiger partial charge in [0.25, 0.3) is 5.69 Å². The van der Waals surface area contributed by atoms with E-state index in [2.05, 4.69) is 9.59 Å². The van der Waals surface area contributed by atoms with Crippen LogP contribution in [0.3, 0.4) is 0 Å². The average Bonchev–Trinajstić information content (AvgIpc) is 2.89. The van der Waals surface area contributed by atoms with E-state index in [9.17, 15) is 14.9 Å². The summed E-state index contributed by atoms with van der Waals surface area (Å²) < 4.78 is 3.65. The second kappa shape index (κ2) is 5.28. The molecule has 0 aliphatic carbocycles. The van der Waals surface area contributed by atoms with Gasteiger partial charge in [0.1, 0.15) is 0 Å². The van der Waals surface area contributed by atoms with Gasteiger partial charge in [-0.3, -0.25) is 14.9 Å². The summed E-state index contributed by atoms with van der Waals surface area (Å²) in [5, 5.41) is 16.0. The monoisotopic (exact) mass is 261 g/mol. The van der Waals surface area contributed by atoms with Crippen LogP contribution in [0.4, 0.5) is 5.69 Å². The van der Waals surface area contributed by atoms with E-state index in [-0.39, 0.29) is 17.0 Å². The predicted octanol–water partition coefficient (Wildman–Crippen LogP) is 2.34. The van der Waals surface area contributed by atoms with E-state index in [1.165, 1.54) is 47.9 Å². The predicted molar refractivity (Wildman–Crippen MR) is 66.4 cm³/mol. The lowest BCUT2D eigenvalue weighted by atomic mass is 10.1. The molecule has 6 nitrogen and oxygen atoms in total. The van der Waals surface area contributed by atoms with Crippen LogP contribution in [-0.2, 0) is 0 Å². The fourth-order valence-electron chi connectivity index (χ4n) is 1.27. The van der Waals surface area contributed by atoms with Crippen LogP contribution in [0, 0.1) is 10.1 Å². The molecular formula is C11H7N3O3S. The molecule has 0 unspecified atom stereocenters. The molecule has 2 aromatic rings. The number of allylic oxidation sites excluding steroid dienone is 1. The highest BCUT2D eigenvalue weighted by atomic mass is 32.1. The third-order valence-electron chi connectivity index (χ3n) is 2.12. The summed E-state index contributed by atoms with van der Waals surface area (Å²) in [4.78, 5) is 21.8. The van der Waals surface area contributed by atoms with Crippen LogP contribution >= 0.6 is 11.5 Å². The van der Waals surface area contributed by atoms with Gasteiger partial charge < -0.3 is 0 Å². The molecule has 0 fully saturated rings. The van der Waals surface area contributed by atoms with E-state index in [0.717, 1.165) is 0 Å². The molecule has 0 radical (unpaired) electrons. The van der Waals surface area contributed by atoms with Gasteiger partial charge in [-0.25, -0.2) is 0 Å². The Balaban J connectivity index is 2.19. The fourth-order valence-corrected chi connectivity index (χ4v) is 1.70. The molecule has 0 N–H and O–H groups in total. The molecule has 0 bridgehead atoms. The number of hydrogen-bond donors (Lipinski definition) is 0. The van der Waals surface area contributed by atoms with Crippen molar-refractivity contribution in [1.29, 1.82) is 0 Å². The van der Waals surface area contributed by atoms with Gasteiger partial charge in [-0.1, -0.05) is 16.6 Å². The van der Waals surface area contributed by atoms with E-state index in [4.69, 9.17) is 0 Å². The van der Waals surface area contributed by atoms with Gasteiger partial charge in [0.15, 0.2) is 5.78 Å². The Morgan fingerprint density at radius 3 is 2.94 bits per heavy atom. The average molecular weight is 261 g/mol.